The number of nitrogens with one attached hydrogen (secondary N) is 4. The van der Waals surface area contributed by atoms with Crippen LogP contribution in [0.4, 0.5) is 11.9 Å². The van der Waals surface area contributed by atoms with E-state index in [0.29, 0.717) is 11.9 Å². The van der Waals surface area contributed by atoms with Gasteiger partial charge in [0.1, 0.15) is 0 Å². The minimum Gasteiger partial charge on any atom is -0.351 e. The van der Waals surface area contributed by atoms with Crippen LogP contribution in [0.5, 0.6) is 0 Å². The van der Waals surface area contributed by atoms with Gasteiger partial charge in [0.05, 0.1) is 0 Å². The molecule has 0 aliphatic carbocycles. The van der Waals surface area contributed by atoms with E-state index in [2.05, 4.69) is 91.6 Å². The van der Waals surface area contributed by atoms with Gasteiger partial charge < -0.3 is 21.3 Å². The Balaban J connectivity index is 1.73. The topological polar surface area (TPSA) is 86.8 Å². The Labute approximate surface area is 180 Å². The molecular formula is C21H38ClN7. The van der Waals surface area contributed by atoms with E-state index in [1.807, 2.05) is 0 Å². The molecule has 164 valence electrons. The van der Waals surface area contributed by atoms with E-state index in [-0.39, 0.29) is 39.5 Å². The molecule has 0 spiro atoms. The summed E-state index contributed by atoms with van der Waals surface area (Å²) in [6.45, 7) is 17.9. The van der Waals surface area contributed by atoms with Crippen molar-refractivity contribution in [1.29, 1.82) is 0 Å². The Morgan fingerprint density at radius 1 is 0.655 bits per heavy atom. The third-order valence-electron chi connectivity index (χ3n) is 5.65. The lowest BCUT2D eigenvalue weighted by Crippen LogP contribution is -2.60. The van der Waals surface area contributed by atoms with Gasteiger partial charge in [-0.1, -0.05) is 0 Å². The minimum absolute atomic E-state index is 0.0452. The van der Waals surface area contributed by atoms with Crippen LogP contribution in [-0.2, 0) is 0 Å². The number of anilines is 2. The first-order valence-corrected chi connectivity index (χ1v) is 11.0. The molecule has 2 aliphatic heterocycles. The van der Waals surface area contributed by atoms with Crippen molar-refractivity contribution in [1.82, 2.24) is 25.6 Å². The highest BCUT2D eigenvalue weighted by Crippen LogP contribution is 2.32. The van der Waals surface area contributed by atoms with E-state index in [9.17, 15) is 0 Å². The average Bonchev–Trinajstić information content (AvgIpc) is 2.38. The lowest BCUT2D eigenvalue weighted by molar-refractivity contribution is 0.170. The van der Waals surface area contributed by atoms with E-state index >= 15 is 0 Å². The molecule has 1 aromatic heterocycles. The maximum atomic E-state index is 6.24. The van der Waals surface area contributed by atoms with E-state index in [1.54, 1.807) is 0 Å². The number of halogens is 1. The normalized spacial score (nSPS) is 26.1. The van der Waals surface area contributed by atoms with Crippen LogP contribution in [0.25, 0.3) is 0 Å². The number of rotatable bonds is 4. The third kappa shape index (κ3) is 6.40. The summed E-state index contributed by atoms with van der Waals surface area (Å²) in [7, 11) is 0. The molecule has 0 radical (unpaired) electrons. The molecule has 0 saturated carbocycles. The molecule has 2 fully saturated rings. The third-order valence-corrected chi connectivity index (χ3v) is 5.82. The number of nitrogens with zero attached hydrogens (tertiary/aromatic N) is 3. The molecule has 8 heteroatoms. The summed E-state index contributed by atoms with van der Waals surface area (Å²) >= 11 is 6.24. The van der Waals surface area contributed by atoms with E-state index in [4.69, 9.17) is 11.6 Å². The SMILES string of the molecule is CC1(C)CC(Nc2nc(Cl)nc(NC3CC(C)(C)NC(C)(C)C3)n2)CC(C)(C)N1. The van der Waals surface area contributed by atoms with Crippen LogP contribution in [0, 0.1) is 0 Å². The van der Waals surface area contributed by atoms with Crippen molar-refractivity contribution in [2.24, 2.45) is 0 Å². The lowest BCUT2D eigenvalue weighted by atomic mass is 9.80. The Morgan fingerprint density at radius 3 is 1.28 bits per heavy atom. The quantitative estimate of drug-likeness (QED) is 0.582. The molecule has 4 N–H and O–H groups in total. The predicted octanol–water partition coefficient (Wildman–Crippen LogP) is 3.97. The minimum atomic E-state index is 0.0452. The van der Waals surface area contributed by atoms with Crippen LogP contribution in [0.15, 0.2) is 0 Å². The summed E-state index contributed by atoms with van der Waals surface area (Å²) in [5.41, 5.74) is 0.181. The van der Waals surface area contributed by atoms with Crippen molar-refractivity contribution < 1.29 is 0 Å². The highest BCUT2D eigenvalue weighted by molar-refractivity contribution is 6.28. The average molecular weight is 424 g/mol. The Bertz CT molecular complexity index is 654. The Kier molecular flexibility index (Phi) is 5.82. The number of aromatic nitrogens is 3. The van der Waals surface area contributed by atoms with Crippen molar-refractivity contribution in [3.05, 3.63) is 5.28 Å². The summed E-state index contributed by atoms with van der Waals surface area (Å²) in [6, 6.07) is 0.536. The molecule has 0 bridgehead atoms. The monoisotopic (exact) mass is 423 g/mol. The molecule has 29 heavy (non-hydrogen) atoms. The zero-order chi connectivity index (χ0) is 21.7. The molecule has 1 aromatic rings. The predicted molar refractivity (Wildman–Crippen MR) is 121 cm³/mol. The number of hydrogen-bond donors (Lipinski definition) is 4. The fourth-order valence-corrected chi connectivity index (χ4v) is 5.85. The summed E-state index contributed by atoms with van der Waals surface area (Å²) < 4.78 is 0. The summed E-state index contributed by atoms with van der Waals surface area (Å²) in [5.74, 6) is 1.08. The van der Waals surface area contributed by atoms with E-state index in [0.717, 1.165) is 25.7 Å². The highest BCUT2D eigenvalue weighted by atomic mass is 35.5. The van der Waals surface area contributed by atoms with Crippen LogP contribution in [-0.4, -0.2) is 49.2 Å². The van der Waals surface area contributed by atoms with Crippen molar-refractivity contribution in [2.45, 2.75) is 115 Å². The summed E-state index contributed by atoms with van der Waals surface area (Å²) in [5, 5.41) is 14.6. The van der Waals surface area contributed by atoms with E-state index < -0.39 is 0 Å². The smallest absolute Gasteiger partial charge is 0.229 e. The standard InChI is InChI=1S/C21H38ClN7/c1-18(2)9-13(10-19(3,4)28-18)23-16-25-15(22)26-17(27-16)24-14-11-20(5,6)29-21(7,8)12-14/h13-14,28-29H,9-12H2,1-8H3,(H2,23,24,25,26,27). The molecule has 0 unspecified atom stereocenters. The fourth-order valence-electron chi connectivity index (χ4n) is 5.69. The molecule has 3 rings (SSSR count). The maximum Gasteiger partial charge on any atom is 0.229 e. The molecule has 3 heterocycles. The second kappa shape index (κ2) is 7.50. The molecule has 0 amide bonds. The summed E-state index contributed by atoms with van der Waals surface area (Å²) in [4.78, 5) is 13.3. The van der Waals surface area contributed by atoms with Gasteiger partial charge in [0, 0.05) is 34.2 Å². The zero-order valence-corrected chi connectivity index (χ0v) is 20.0. The maximum absolute atomic E-state index is 6.24. The molecule has 7 nitrogen and oxygen atoms in total. The van der Waals surface area contributed by atoms with Crippen LogP contribution in [0.2, 0.25) is 5.28 Å². The van der Waals surface area contributed by atoms with Crippen molar-refractivity contribution in [3.8, 4) is 0 Å². The first-order chi connectivity index (χ1) is 13.1. The Hall–Kier alpha value is -1.18. The van der Waals surface area contributed by atoms with Gasteiger partial charge in [0.2, 0.25) is 17.2 Å². The van der Waals surface area contributed by atoms with Crippen LogP contribution in [0.3, 0.4) is 0 Å². The van der Waals surface area contributed by atoms with E-state index in [1.165, 1.54) is 0 Å². The highest BCUT2D eigenvalue weighted by Gasteiger charge is 2.39. The van der Waals surface area contributed by atoms with Crippen molar-refractivity contribution in [3.63, 3.8) is 0 Å². The van der Waals surface area contributed by atoms with Gasteiger partial charge in [-0.25, -0.2) is 0 Å². The number of hydrogen-bond acceptors (Lipinski definition) is 7. The van der Waals surface area contributed by atoms with Crippen LogP contribution < -0.4 is 21.3 Å². The molecule has 0 aromatic carbocycles. The second-order valence-corrected chi connectivity index (χ2v) is 11.9. The van der Waals surface area contributed by atoms with Gasteiger partial charge >= 0.3 is 0 Å². The summed E-state index contributed by atoms with van der Waals surface area (Å²) in [6.07, 6.45) is 3.94. The first kappa shape index (κ1) is 22.5. The molecule has 2 aliphatic rings. The zero-order valence-electron chi connectivity index (χ0n) is 19.2. The first-order valence-electron chi connectivity index (χ1n) is 10.7. The fraction of sp³-hybridized carbons (Fsp3) is 0.857. The van der Waals surface area contributed by atoms with Gasteiger partial charge in [0.15, 0.2) is 0 Å². The van der Waals surface area contributed by atoms with Gasteiger partial charge in [0.25, 0.3) is 0 Å². The van der Waals surface area contributed by atoms with Gasteiger partial charge in [-0.05, 0) is 92.7 Å². The molecule has 0 atom stereocenters. The lowest BCUT2D eigenvalue weighted by Gasteiger charge is -2.46. The molecular weight excluding hydrogens is 386 g/mol. The van der Waals surface area contributed by atoms with Crippen LogP contribution >= 0.6 is 11.6 Å². The number of piperidine rings is 2. The van der Waals surface area contributed by atoms with Gasteiger partial charge in [-0.2, -0.15) is 15.0 Å². The second-order valence-electron chi connectivity index (χ2n) is 11.5. The van der Waals surface area contributed by atoms with Crippen molar-refractivity contribution in [2.75, 3.05) is 10.6 Å². The van der Waals surface area contributed by atoms with Crippen molar-refractivity contribution >= 4 is 23.5 Å². The van der Waals surface area contributed by atoms with Gasteiger partial charge in [-0.3, -0.25) is 0 Å². The Morgan fingerprint density at radius 2 is 0.966 bits per heavy atom. The largest absolute Gasteiger partial charge is 0.351 e. The molecule has 2 saturated heterocycles. The van der Waals surface area contributed by atoms with Crippen LogP contribution in [0.1, 0.15) is 81.1 Å². The van der Waals surface area contributed by atoms with Gasteiger partial charge in [-0.15, -0.1) is 0 Å².